The highest BCUT2D eigenvalue weighted by Crippen LogP contribution is 2.54. The third kappa shape index (κ3) is 18.0. The van der Waals surface area contributed by atoms with E-state index in [1.165, 1.54) is 0 Å². The van der Waals surface area contributed by atoms with Gasteiger partial charge in [-0.2, -0.15) is 0 Å². The number of allylic oxidation sites excluding steroid dienone is 2. The summed E-state index contributed by atoms with van der Waals surface area (Å²) in [6.07, 6.45) is 6.68. The Bertz CT molecular complexity index is 2660. The molecule has 6 aliphatic heterocycles. The number of aliphatic hydroxyl groups excluding tert-OH is 1. The van der Waals surface area contributed by atoms with Gasteiger partial charge in [0.2, 0.25) is 11.8 Å². The second-order valence-electron chi connectivity index (χ2n) is 21.0. The molecular formula is C54H75ClN4O18P2. The Hall–Kier alpha value is -5.09. The normalized spacial score (nSPS) is 27.5. The van der Waals surface area contributed by atoms with Crippen molar-refractivity contribution in [3.8, 4) is 11.5 Å². The average molecular weight is 1170 g/mol. The molecule has 25 heteroatoms. The molecule has 12 atom stereocenters. The monoisotopic (exact) mass is 1160 g/mol. The van der Waals surface area contributed by atoms with Gasteiger partial charge in [0.05, 0.1) is 49.6 Å². The number of benzene rings is 2. The van der Waals surface area contributed by atoms with Crippen LogP contribution in [0.1, 0.15) is 82.1 Å². The van der Waals surface area contributed by atoms with Gasteiger partial charge >= 0.3 is 26.3 Å². The number of hydrogen-bond donors (Lipinski definition) is 3. The van der Waals surface area contributed by atoms with E-state index in [9.17, 15) is 33.4 Å². The number of carbonyl (C=O) groups excluding carboxylic acids is 4. The van der Waals surface area contributed by atoms with Gasteiger partial charge in [0, 0.05) is 35.9 Å². The van der Waals surface area contributed by atoms with Crippen molar-refractivity contribution in [2.45, 2.75) is 155 Å². The molecule has 2 amide bonds. The van der Waals surface area contributed by atoms with Crippen LogP contribution in [0.4, 0.5) is 0 Å². The van der Waals surface area contributed by atoms with Crippen molar-refractivity contribution < 1.29 is 84.9 Å². The summed E-state index contributed by atoms with van der Waals surface area (Å²) < 4.78 is 89.5. The van der Waals surface area contributed by atoms with Gasteiger partial charge in [-0.25, -0.2) is 4.57 Å². The number of nitrogens with two attached hydrogens (primary N) is 2. The SMILES string of the molecule is CC(C)OC(=O)[C@H](C)CP(=O)(Cl)Oc1ccccc1.CC(C)OC(=O)[C@H](C)CP(=O)(OCC1O[C@@H](N2C=CCC(C(N)=O)=C2)[C@@H]2OC(C)(C)O[C@H]12)Oc1ccccc1.CC1(C)O[C@@H]2[C@H](O1)C(CO)O[C@H]2N1C=CCC(C(N)=O)=C1. The van der Waals surface area contributed by atoms with E-state index in [1.54, 1.807) is 138 Å². The fourth-order valence-electron chi connectivity index (χ4n) is 9.01. The minimum Gasteiger partial charge on any atom is -0.463 e. The van der Waals surface area contributed by atoms with Gasteiger partial charge in [0.15, 0.2) is 24.0 Å². The highest BCUT2D eigenvalue weighted by atomic mass is 35.7. The van der Waals surface area contributed by atoms with Crippen molar-refractivity contribution in [1.82, 2.24) is 9.80 Å². The third-order valence-corrected chi connectivity index (χ3v) is 16.5. The fourth-order valence-corrected chi connectivity index (χ4v) is 13.1. The van der Waals surface area contributed by atoms with E-state index >= 15 is 0 Å². The van der Waals surface area contributed by atoms with E-state index in [-0.39, 0.29) is 50.0 Å². The molecule has 4 saturated heterocycles. The van der Waals surface area contributed by atoms with E-state index in [0.29, 0.717) is 35.5 Å². The highest BCUT2D eigenvalue weighted by Gasteiger charge is 2.58. The fraction of sp³-hybridized carbons (Fsp3) is 0.556. The van der Waals surface area contributed by atoms with E-state index in [2.05, 4.69) is 0 Å². The summed E-state index contributed by atoms with van der Waals surface area (Å²) >= 11 is 5.87. The molecule has 4 unspecified atom stereocenters. The Balaban J connectivity index is 0.000000212. The standard InChI is InChI=1S/C27H37N2O9P.C14H20N2O5.C13H18ClO4P/c1-17(2)34-26(31)18(3)16-39(32,38-20-11-7-6-8-12-20)33-15-21-22-23(37-27(4,5)36-22)25(35-21)29-13-9-10-19(14-29)24(28)30;1-14(2)20-10-9(7-17)19-13(11(10)21-14)16-5-3-4-8(6-16)12(15)18;1-10(2)17-13(15)11(3)9-19(14,16)18-12-7-5-4-6-8-12/h6-9,11-14,17-18,21-23,25H,10,15-16H2,1-5H3,(H2,28,30);3,5-6,9-11,13,17H,4,7H2,1-2H3,(H2,15,18);4-8,10-11H,9H2,1-3H3/t18-,21?,22-,23-,25-,39?;9?,10-,11-,13-;11-,19?/m111/s1. The van der Waals surface area contributed by atoms with Crippen LogP contribution < -0.4 is 20.5 Å². The molecule has 79 heavy (non-hydrogen) atoms. The largest absolute Gasteiger partial charge is 0.463 e. The van der Waals surface area contributed by atoms with Crippen LogP contribution in [-0.4, -0.2) is 137 Å². The maximum absolute atomic E-state index is 14.0. The van der Waals surface area contributed by atoms with Crippen LogP contribution in [0.2, 0.25) is 0 Å². The van der Waals surface area contributed by atoms with Gasteiger partial charge in [0.1, 0.15) is 48.1 Å². The van der Waals surface area contributed by atoms with Crippen molar-refractivity contribution in [2.24, 2.45) is 23.3 Å². The summed E-state index contributed by atoms with van der Waals surface area (Å²) in [5.74, 6) is -4.07. The first kappa shape index (κ1) is 63.1. The second kappa shape index (κ2) is 27.1. The van der Waals surface area contributed by atoms with E-state index in [0.717, 1.165) is 0 Å². The Morgan fingerprint density at radius 1 is 0.646 bits per heavy atom. The predicted molar refractivity (Wildman–Crippen MR) is 289 cm³/mol. The Morgan fingerprint density at radius 3 is 1.48 bits per heavy atom. The van der Waals surface area contributed by atoms with Gasteiger partial charge in [-0.3, -0.25) is 28.3 Å². The summed E-state index contributed by atoms with van der Waals surface area (Å²) in [6, 6.07) is 17.3. The molecule has 0 bridgehead atoms. The predicted octanol–water partition coefficient (Wildman–Crippen LogP) is 7.59. The number of amides is 2. The third-order valence-electron chi connectivity index (χ3n) is 12.4. The van der Waals surface area contributed by atoms with Crippen molar-refractivity contribution in [1.29, 1.82) is 0 Å². The lowest BCUT2D eigenvalue weighted by Gasteiger charge is -2.31. The lowest BCUT2D eigenvalue weighted by atomic mass is 10.1. The number of esters is 2. The van der Waals surface area contributed by atoms with Crippen LogP contribution in [0.5, 0.6) is 11.5 Å². The molecule has 2 aromatic rings. The number of para-hydroxylation sites is 2. The highest BCUT2D eigenvalue weighted by molar-refractivity contribution is 7.85. The van der Waals surface area contributed by atoms with Gasteiger partial charge in [-0.05, 0) is 104 Å². The van der Waals surface area contributed by atoms with Crippen molar-refractivity contribution in [3.63, 3.8) is 0 Å². The molecule has 6 aliphatic rings. The van der Waals surface area contributed by atoms with E-state index in [4.69, 9.17) is 74.2 Å². The second-order valence-corrected chi connectivity index (χ2v) is 26.3. The molecule has 0 aromatic heterocycles. The van der Waals surface area contributed by atoms with Gasteiger partial charge in [-0.1, -0.05) is 62.4 Å². The van der Waals surface area contributed by atoms with E-state index < -0.39 is 98.4 Å². The zero-order chi connectivity index (χ0) is 58.0. The average Bonchev–Trinajstić information content (AvgIpc) is 4.17. The number of halogens is 1. The number of fused-ring (bicyclic) bond motifs is 2. The number of ether oxygens (including phenoxy) is 8. The van der Waals surface area contributed by atoms with Crippen LogP contribution in [0, 0.1) is 11.8 Å². The molecule has 0 radical (unpaired) electrons. The maximum Gasteiger partial charge on any atom is 0.380 e. The van der Waals surface area contributed by atoms with Crippen molar-refractivity contribution in [2.75, 3.05) is 25.5 Å². The maximum atomic E-state index is 14.0. The molecule has 4 fully saturated rings. The summed E-state index contributed by atoms with van der Waals surface area (Å²) in [5.41, 5.74) is 11.7. The summed E-state index contributed by atoms with van der Waals surface area (Å²) in [7, 11) is -3.87. The van der Waals surface area contributed by atoms with E-state index in [1.807, 2.05) is 38.3 Å². The topological polar surface area (TPSA) is 283 Å². The number of primary amides is 2. The minimum atomic E-state index is -3.87. The molecule has 0 aliphatic carbocycles. The summed E-state index contributed by atoms with van der Waals surface area (Å²) in [5, 5.41) is 9.45. The molecule has 2 aromatic carbocycles. The first-order valence-corrected chi connectivity index (χ1v) is 30.5. The first-order valence-electron chi connectivity index (χ1n) is 26.0. The lowest BCUT2D eigenvalue weighted by Crippen LogP contribution is -2.40. The zero-order valence-electron chi connectivity index (χ0n) is 46.1. The van der Waals surface area contributed by atoms with Gasteiger partial charge < -0.3 is 73.3 Å². The molecular weight excluding hydrogens is 1090 g/mol. The molecule has 8 rings (SSSR count). The van der Waals surface area contributed by atoms with Crippen LogP contribution in [-0.2, 0) is 70.7 Å². The molecule has 5 N–H and O–H groups in total. The smallest absolute Gasteiger partial charge is 0.380 e. The quantitative estimate of drug-likeness (QED) is 0.0850. The first-order chi connectivity index (χ1) is 37.1. The van der Waals surface area contributed by atoms with Crippen LogP contribution in [0.25, 0.3) is 0 Å². The number of aliphatic hydroxyl groups is 1. The molecule has 436 valence electrons. The lowest BCUT2D eigenvalue weighted by molar-refractivity contribution is -0.201. The van der Waals surface area contributed by atoms with Crippen molar-refractivity contribution >= 4 is 49.3 Å². The molecule has 6 heterocycles. The molecule has 0 saturated carbocycles. The number of nitrogens with zero attached hydrogens (tertiary/aromatic N) is 2. The molecule has 22 nitrogen and oxygen atoms in total. The molecule has 0 spiro atoms. The van der Waals surface area contributed by atoms with Gasteiger partial charge in [0.25, 0.3) is 0 Å². The van der Waals surface area contributed by atoms with Gasteiger partial charge in [-0.15, -0.1) is 0 Å². The van der Waals surface area contributed by atoms with Crippen molar-refractivity contribution in [3.05, 3.63) is 109 Å². The van der Waals surface area contributed by atoms with Crippen LogP contribution in [0.3, 0.4) is 0 Å². The number of rotatable bonds is 20. The zero-order valence-corrected chi connectivity index (χ0v) is 48.7. The van der Waals surface area contributed by atoms with Crippen LogP contribution in [0.15, 0.2) is 109 Å². The number of hydrogen-bond acceptors (Lipinski definition) is 20. The van der Waals surface area contributed by atoms with Crippen LogP contribution >= 0.6 is 25.6 Å². The summed E-state index contributed by atoms with van der Waals surface area (Å²) in [6.45, 7) is 13.8. The number of carbonyl (C=O) groups is 4. The summed E-state index contributed by atoms with van der Waals surface area (Å²) in [4.78, 5) is 50.7. The Labute approximate surface area is 466 Å². The Kier molecular flexibility index (Phi) is 21.7. The Morgan fingerprint density at radius 2 is 1.05 bits per heavy atom. The minimum absolute atomic E-state index is 0.0605.